The summed E-state index contributed by atoms with van der Waals surface area (Å²) in [7, 11) is -3.80. The number of sulfonamides is 1. The lowest BCUT2D eigenvalue weighted by Crippen LogP contribution is -2.32. The average molecular weight is 384 g/mol. The SMILES string of the molecule is O=C(O)c1cc(S(=O)(=O)NC[C@@H]2CCCO2)ccc1NC[C@H]1CCCO1. The van der Waals surface area contributed by atoms with Crippen LogP contribution in [0.5, 0.6) is 0 Å². The molecular weight excluding hydrogens is 360 g/mol. The number of rotatable bonds is 8. The molecule has 0 unspecified atom stereocenters. The number of anilines is 1. The van der Waals surface area contributed by atoms with Gasteiger partial charge in [0.2, 0.25) is 10.0 Å². The molecule has 2 aliphatic heterocycles. The summed E-state index contributed by atoms with van der Waals surface area (Å²) in [6, 6.07) is 4.07. The number of carboxylic acid groups (broad SMARTS) is 1. The smallest absolute Gasteiger partial charge is 0.337 e. The van der Waals surface area contributed by atoms with Crippen molar-refractivity contribution >= 4 is 21.7 Å². The van der Waals surface area contributed by atoms with Crippen molar-refractivity contribution in [1.29, 1.82) is 0 Å². The quantitative estimate of drug-likeness (QED) is 0.621. The summed E-state index contributed by atoms with van der Waals surface area (Å²) in [5.74, 6) is -1.18. The Kier molecular flexibility index (Phi) is 6.13. The molecule has 0 radical (unpaired) electrons. The molecule has 1 aromatic carbocycles. The number of aromatic carboxylic acids is 1. The topological polar surface area (TPSA) is 114 Å². The fourth-order valence-electron chi connectivity index (χ4n) is 3.14. The summed E-state index contributed by atoms with van der Waals surface area (Å²) in [6.07, 6.45) is 3.57. The van der Waals surface area contributed by atoms with E-state index < -0.39 is 16.0 Å². The van der Waals surface area contributed by atoms with Crippen LogP contribution in [-0.4, -0.2) is 58.0 Å². The number of hydrogen-bond acceptors (Lipinski definition) is 6. The first-order valence-corrected chi connectivity index (χ1v) is 10.3. The summed E-state index contributed by atoms with van der Waals surface area (Å²) < 4.78 is 38.3. The molecule has 8 nitrogen and oxygen atoms in total. The molecule has 2 fully saturated rings. The van der Waals surface area contributed by atoms with E-state index in [4.69, 9.17) is 9.47 Å². The summed E-state index contributed by atoms with van der Waals surface area (Å²) in [4.78, 5) is 11.5. The minimum atomic E-state index is -3.80. The van der Waals surface area contributed by atoms with E-state index >= 15 is 0 Å². The summed E-state index contributed by atoms with van der Waals surface area (Å²) >= 11 is 0. The number of hydrogen-bond donors (Lipinski definition) is 3. The number of ether oxygens (including phenoxy) is 2. The molecule has 26 heavy (non-hydrogen) atoms. The van der Waals surface area contributed by atoms with Crippen LogP contribution in [0.3, 0.4) is 0 Å². The third kappa shape index (κ3) is 4.73. The van der Waals surface area contributed by atoms with Crippen molar-refractivity contribution in [2.24, 2.45) is 0 Å². The highest BCUT2D eigenvalue weighted by Gasteiger charge is 2.23. The van der Waals surface area contributed by atoms with E-state index in [1.165, 1.54) is 18.2 Å². The lowest BCUT2D eigenvalue weighted by Gasteiger charge is -2.15. The Morgan fingerprint density at radius 3 is 2.35 bits per heavy atom. The van der Waals surface area contributed by atoms with Gasteiger partial charge in [-0.3, -0.25) is 0 Å². The third-order valence-electron chi connectivity index (χ3n) is 4.60. The molecule has 2 saturated heterocycles. The van der Waals surface area contributed by atoms with Crippen molar-refractivity contribution in [3.63, 3.8) is 0 Å². The largest absolute Gasteiger partial charge is 0.478 e. The second-order valence-corrected chi connectivity index (χ2v) is 8.28. The number of nitrogens with one attached hydrogen (secondary N) is 2. The molecule has 144 valence electrons. The zero-order chi connectivity index (χ0) is 18.6. The molecule has 0 aliphatic carbocycles. The van der Waals surface area contributed by atoms with Crippen LogP contribution in [0, 0.1) is 0 Å². The Balaban J connectivity index is 1.70. The van der Waals surface area contributed by atoms with Gasteiger partial charge in [-0.25, -0.2) is 17.9 Å². The maximum Gasteiger partial charge on any atom is 0.337 e. The van der Waals surface area contributed by atoms with E-state index in [0.29, 0.717) is 25.4 Å². The Hall–Kier alpha value is -1.68. The standard InChI is InChI=1S/C17H24N2O6S/c20-17(21)15-9-14(26(22,23)19-11-13-4-2-8-25-13)5-6-16(15)18-10-12-3-1-7-24-12/h5-6,9,12-13,18-19H,1-4,7-8,10-11H2,(H,20,21)/t12-,13+/m1/s1. The van der Waals surface area contributed by atoms with Crippen molar-refractivity contribution in [2.45, 2.75) is 42.8 Å². The zero-order valence-electron chi connectivity index (χ0n) is 14.4. The van der Waals surface area contributed by atoms with Gasteiger partial charge in [-0.05, 0) is 43.9 Å². The number of carboxylic acids is 1. The van der Waals surface area contributed by atoms with Crippen molar-refractivity contribution in [2.75, 3.05) is 31.6 Å². The van der Waals surface area contributed by atoms with E-state index in [1.807, 2.05) is 0 Å². The lowest BCUT2D eigenvalue weighted by atomic mass is 10.1. The van der Waals surface area contributed by atoms with Crippen LogP contribution < -0.4 is 10.0 Å². The molecule has 0 amide bonds. The highest BCUT2D eigenvalue weighted by molar-refractivity contribution is 7.89. The molecular formula is C17H24N2O6S. The molecule has 3 N–H and O–H groups in total. The van der Waals surface area contributed by atoms with Crippen molar-refractivity contribution in [3.8, 4) is 0 Å². The van der Waals surface area contributed by atoms with E-state index in [9.17, 15) is 18.3 Å². The van der Waals surface area contributed by atoms with Crippen LogP contribution in [0.4, 0.5) is 5.69 Å². The zero-order valence-corrected chi connectivity index (χ0v) is 15.3. The Morgan fingerprint density at radius 2 is 1.77 bits per heavy atom. The second-order valence-electron chi connectivity index (χ2n) is 6.52. The van der Waals surface area contributed by atoms with E-state index in [2.05, 4.69) is 10.0 Å². The van der Waals surface area contributed by atoms with Crippen LogP contribution in [0.15, 0.2) is 23.1 Å². The number of carbonyl (C=O) groups is 1. The molecule has 2 heterocycles. The highest BCUT2D eigenvalue weighted by Crippen LogP contribution is 2.22. The van der Waals surface area contributed by atoms with E-state index in [0.717, 1.165) is 25.7 Å². The Bertz CT molecular complexity index is 740. The van der Waals surface area contributed by atoms with Gasteiger partial charge in [0.1, 0.15) is 0 Å². The first-order chi connectivity index (χ1) is 12.5. The molecule has 9 heteroatoms. The van der Waals surface area contributed by atoms with Gasteiger partial charge in [0.05, 0.1) is 22.7 Å². The van der Waals surface area contributed by atoms with Crippen LogP contribution in [0.25, 0.3) is 0 Å². The van der Waals surface area contributed by atoms with Crippen molar-refractivity contribution in [3.05, 3.63) is 23.8 Å². The predicted octanol–water partition coefficient (Wildman–Crippen LogP) is 1.43. The van der Waals surface area contributed by atoms with Crippen LogP contribution in [0.1, 0.15) is 36.0 Å². The lowest BCUT2D eigenvalue weighted by molar-refractivity contribution is 0.0697. The van der Waals surface area contributed by atoms with E-state index in [1.54, 1.807) is 0 Å². The maximum atomic E-state index is 12.4. The summed E-state index contributed by atoms with van der Waals surface area (Å²) in [6.45, 7) is 2.03. The number of benzene rings is 1. The molecule has 0 spiro atoms. The summed E-state index contributed by atoms with van der Waals surface area (Å²) in [5, 5.41) is 12.5. The monoisotopic (exact) mass is 384 g/mol. The normalized spacial score (nSPS) is 23.2. The van der Waals surface area contributed by atoms with Gasteiger partial charge >= 0.3 is 5.97 Å². The molecule has 2 aliphatic rings. The van der Waals surface area contributed by atoms with Gasteiger partial charge in [0.15, 0.2) is 0 Å². The minimum absolute atomic E-state index is 0.0492. The van der Waals surface area contributed by atoms with E-state index in [-0.39, 0.29) is 29.2 Å². The van der Waals surface area contributed by atoms with Gasteiger partial charge in [-0.15, -0.1) is 0 Å². The first-order valence-electron chi connectivity index (χ1n) is 8.80. The van der Waals surface area contributed by atoms with Gasteiger partial charge < -0.3 is 19.9 Å². The minimum Gasteiger partial charge on any atom is -0.478 e. The van der Waals surface area contributed by atoms with Crippen LogP contribution >= 0.6 is 0 Å². The molecule has 0 aromatic heterocycles. The molecule has 0 saturated carbocycles. The van der Waals surface area contributed by atoms with Gasteiger partial charge in [0, 0.05) is 32.0 Å². The fraction of sp³-hybridized carbons (Fsp3) is 0.588. The van der Waals surface area contributed by atoms with Crippen LogP contribution in [-0.2, 0) is 19.5 Å². The molecule has 0 bridgehead atoms. The van der Waals surface area contributed by atoms with Gasteiger partial charge in [-0.1, -0.05) is 0 Å². The fourth-order valence-corrected chi connectivity index (χ4v) is 4.23. The molecule has 1 aromatic rings. The van der Waals surface area contributed by atoms with Gasteiger partial charge in [-0.2, -0.15) is 0 Å². The summed E-state index contributed by atoms with van der Waals surface area (Å²) in [5.41, 5.74) is 0.300. The van der Waals surface area contributed by atoms with Crippen molar-refractivity contribution in [1.82, 2.24) is 4.72 Å². The third-order valence-corrected chi connectivity index (χ3v) is 6.02. The Morgan fingerprint density at radius 1 is 1.12 bits per heavy atom. The maximum absolute atomic E-state index is 12.4. The molecule has 3 rings (SSSR count). The second kappa shape index (κ2) is 8.34. The first kappa shape index (κ1) is 19.1. The van der Waals surface area contributed by atoms with Crippen molar-refractivity contribution < 1.29 is 27.8 Å². The average Bonchev–Trinajstić information content (AvgIpc) is 3.31. The Labute approximate surface area is 152 Å². The highest BCUT2D eigenvalue weighted by atomic mass is 32.2. The molecule has 2 atom stereocenters. The predicted molar refractivity (Wildman–Crippen MR) is 95.0 cm³/mol. The van der Waals surface area contributed by atoms with Gasteiger partial charge in [0.25, 0.3) is 0 Å². The van der Waals surface area contributed by atoms with Crippen LogP contribution in [0.2, 0.25) is 0 Å².